The Hall–Kier alpha value is -3.19. The molecule has 1 heterocycles. The third-order valence-corrected chi connectivity index (χ3v) is 5.16. The number of benzene rings is 2. The molecule has 1 atom stereocenters. The molecule has 3 aromatic rings. The van der Waals surface area contributed by atoms with Gasteiger partial charge in [-0.3, -0.25) is 10.1 Å². The minimum absolute atomic E-state index is 0.0799. The van der Waals surface area contributed by atoms with Gasteiger partial charge in [0.15, 0.2) is 0 Å². The second-order valence-corrected chi connectivity index (χ2v) is 8.52. The Balaban J connectivity index is 1.78. The fourth-order valence-corrected chi connectivity index (χ4v) is 3.62. The molecule has 0 unspecified atom stereocenters. The first kappa shape index (κ1) is 20.5. The quantitative estimate of drug-likeness (QED) is 0.204. The lowest BCUT2D eigenvalue weighted by Crippen LogP contribution is -2.25. The van der Waals surface area contributed by atoms with E-state index in [1.54, 1.807) is 11.3 Å². The molecule has 6 nitrogen and oxygen atoms in total. The largest absolute Gasteiger partial charge is 0.514 e. The number of hydrogen-bond acceptors (Lipinski definition) is 6. The summed E-state index contributed by atoms with van der Waals surface area (Å²) in [4.78, 5) is 23.7. The van der Waals surface area contributed by atoms with E-state index in [9.17, 15) is 14.9 Å². The number of carbonyl (C=O) groups is 1. The Morgan fingerprint density at radius 3 is 2.38 bits per heavy atom. The van der Waals surface area contributed by atoms with Crippen molar-refractivity contribution in [3.05, 3.63) is 81.7 Å². The number of nitro groups is 1. The first-order valence-electron chi connectivity index (χ1n) is 9.01. The predicted octanol–water partition coefficient (Wildman–Crippen LogP) is 6.63. The molecule has 0 spiro atoms. The third-order valence-electron chi connectivity index (χ3n) is 4.24. The molecule has 0 amide bonds. The number of hydrogen-bond donors (Lipinski definition) is 0. The maximum Gasteiger partial charge on any atom is 0.514 e. The van der Waals surface area contributed by atoms with Gasteiger partial charge in [0.1, 0.15) is 11.9 Å². The van der Waals surface area contributed by atoms with Gasteiger partial charge in [-0.1, -0.05) is 45.0 Å². The lowest BCUT2D eigenvalue weighted by Gasteiger charge is -2.30. The van der Waals surface area contributed by atoms with Crippen LogP contribution in [0.25, 0.3) is 10.4 Å². The van der Waals surface area contributed by atoms with Crippen molar-refractivity contribution in [1.82, 2.24) is 0 Å². The summed E-state index contributed by atoms with van der Waals surface area (Å²) in [5, 5.41) is 12.7. The molecule has 0 aliphatic heterocycles. The molecule has 0 radical (unpaired) electrons. The first-order chi connectivity index (χ1) is 13.7. The lowest BCUT2D eigenvalue weighted by atomic mass is 9.84. The average Bonchev–Trinajstić information content (AvgIpc) is 3.20. The van der Waals surface area contributed by atoms with Crippen LogP contribution in [0.3, 0.4) is 0 Å². The van der Waals surface area contributed by atoms with E-state index in [2.05, 4.69) is 0 Å². The van der Waals surface area contributed by atoms with E-state index in [1.165, 1.54) is 24.3 Å². The molecule has 150 valence electrons. The van der Waals surface area contributed by atoms with Crippen molar-refractivity contribution in [2.24, 2.45) is 5.41 Å². The summed E-state index contributed by atoms with van der Waals surface area (Å²) in [5.41, 5.74) is 1.47. The van der Waals surface area contributed by atoms with Crippen LogP contribution in [0.4, 0.5) is 10.5 Å². The standard InChI is InChI=1S/C22H21NO5S/c1-22(2,3)20(16-7-4-6-15(14-16)19-8-5-13-29-19)28-21(24)27-18-11-9-17(10-12-18)23(25)26/h4-14,20H,1-3H3/t20-/m1/s1. The van der Waals surface area contributed by atoms with Crippen molar-refractivity contribution in [3.8, 4) is 16.2 Å². The van der Waals surface area contributed by atoms with Crippen molar-refractivity contribution in [2.45, 2.75) is 26.9 Å². The van der Waals surface area contributed by atoms with Gasteiger partial charge < -0.3 is 9.47 Å². The third kappa shape index (κ3) is 5.20. The molecule has 0 N–H and O–H groups in total. The monoisotopic (exact) mass is 411 g/mol. The van der Waals surface area contributed by atoms with Crippen molar-refractivity contribution in [3.63, 3.8) is 0 Å². The summed E-state index contributed by atoms with van der Waals surface area (Å²) in [5.74, 6) is 0.181. The fourth-order valence-electron chi connectivity index (χ4n) is 2.90. The summed E-state index contributed by atoms with van der Waals surface area (Å²) in [6.07, 6.45) is -1.40. The van der Waals surface area contributed by atoms with E-state index in [0.717, 1.165) is 16.0 Å². The number of ether oxygens (including phenoxy) is 2. The summed E-state index contributed by atoms with van der Waals surface area (Å²) in [7, 11) is 0. The predicted molar refractivity (Wildman–Crippen MR) is 112 cm³/mol. The molecular formula is C22H21NO5S. The number of rotatable bonds is 5. The number of thiophene rings is 1. The Bertz CT molecular complexity index is 991. The van der Waals surface area contributed by atoms with Crippen molar-refractivity contribution in [1.29, 1.82) is 0 Å². The van der Waals surface area contributed by atoms with Gasteiger partial charge in [0.05, 0.1) is 4.92 Å². The number of nitrogens with zero attached hydrogens (tertiary/aromatic N) is 1. The molecule has 7 heteroatoms. The molecule has 3 rings (SSSR count). The van der Waals surface area contributed by atoms with E-state index in [0.29, 0.717) is 0 Å². The molecule has 0 aliphatic carbocycles. The van der Waals surface area contributed by atoms with Crippen LogP contribution in [-0.2, 0) is 4.74 Å². The summed E-state index contributed by atoms with van der Waals surface area (Å²) in [6, 6.07) is 17.2. The average molecular weight is 411 g/mol. The SMILES string of the molecule is CC(C)(C)[C@H](OC(=O)Oc1ccc([N+](=O)[O-])cc1)c1cccc(-c2cccs2)c1. The van der Waals surface area contributed by atoms with Crippen LogP contribution in [0.5, 0.6) is 5.75 Å². The highest BCUT2D eigenvalue weighted by atomic mass is 32.1. The van der Waals surface area contributed by atoms with Gasteiger partial charge in [-0.05, 0) is 40.8 Å². The van der Waals surface area contributed by atoms with Crippen LogP contribution < -0.4 is 4.74 Å². The van der Waals surface area contributed by atoms with Crippen molar-refractivity contribution >= 4 is 23.2 Å². The topological polar surface area (TPSA) is 78.7 Å². The Labute approximate surface area is 172 Å². The zero-order valence-corrected chi connectivity index (χ0v) is 17.1. The number of nitro benzene ring substituents is 1. The molecular weight excluding hydrogens is 390 g/mol. The molecule has 0 saturated carbocycles. The zero-order chi connectivity index (χ0) is 21.0. The van der Waals surface area contributed by atoms with E-state index in [1.807, 2.05) is 62.5 Å². The van der Waals surface area contributed by atoms with E-state index in [-0.39, 0.29) is 16.9 Å². The molecule has 0 saturated heterocycles. The molecule has 29 heavy (non-hydrogen) atoms. The van der Waals surface area contributed by atoms with E-state index >= 15 is 0 Å². The highest BCUT2D eigenvalue weighted by molar-refractivity contribution is 7.13. The molecule has 0 fully saturated rings. The highest BCUT2D eigenvalue weighted by Gasteiger charge is 2.31. The van der Waals surface area contributed by atoms with Crippen molar-refractivity contribution in [2.75, 3.05) is 0 Å². The smallest absolute Gasteiger partial charge is 0.425 e. The van der Waals surface area contributed by atoms with Crippen LogP contribution in [0, 0.1) is 15.5 Å². The van der Waals surface area contributed by atoms with Gasteiger partial charge in [0.2, 0.25) is 0 Å². The normalized spacial score (nSPS) is 12.2. The van der Waals surface area contributed by atoms with Gasteiger partial charge in [0.25, 0.3) is 5.69 Å². The van der Waals surface area contributed by atoms with Crippen LogP contribution in [0.15, 0.2) is 66.0 Å². The maximum absolute atomic E-state index is 12.4. The van der Waals surface area contributed by atoms with Gasteiger partial charge >= 0.3 is 6.16 Å². The molecule has 2 aromatic carbocycles. The van der Waals surface area contributed by atoms with E-state index in [4.69, 9.17) is 9.47 Å². The van der Waals surface area contributed by atoms with Crippen molar-refractivity contribution < 1.29 is 19.2 Å². The maximum atomic E-state index is 12.4. The summed E-state index contributed by atoms with van der Waals surface area (Å²) >= 11 is 1.64. The Morgan fingerprint density at radius 2 is 1.79 bits per heavy atom. The Morgan fingerprint density at radius 1 is 1.07 bits per heavy atom. The van der Waals surface area contributed by atoms with Gasteiger partial charge in [-0.2, -0.15) is 0 Å². The van der Waals surface area contributed by atoms with Gasteiger partial charge in [-0.15, -0.1) is 11.3 Å². The van der Waals surface area contributed by atoms with Crippen LogP contribution in [0.1, 0.15) is 32.4 Å². The van der Waals surface area contributed by atoms with Gasteiger partial charge in [-0.25, -0.2) is 4.79 Å². The van der Waals surface area contributed by atoms with Crippen LogP contribution in [0.2, 0.25) is 0 Å². The lowest BCUT2D eigenvalue weighted by molar-refractivity contribution is -0.384. The zero-order valence-electron chi connectivity index (χ0n) is 16.3. The van der Waals surface area contributed by atoms with Crippen LogP contribution >= 0.6 is 11.3 Å². The molecule has 1 aromatic heterocycles. The van der Waals surface area contributed by atoms with Gasteiger partial charge in [0, 0.05) is 22.4 Å². The molecule has 0 aliphatic rings. The highest BCUT2D eigenvalue weighted by Crippen LogP contribution is 2.38. The first-order valence-corrected chi connectivity index (χ1v) is 9.89. The molecule has 0 bridgehead atoms. The second-order valence-electron chi connectivity index (χ2n) is 7.57. The van der Waals surface area contributed by atoms with Crippen LogP contribution in [-0.4, -0.2) is 11.1 Å². The fraction of sp³-hybridized carbons (Fsp3) is 0.227. The summed E-state index contributed by atoms with van der Waals surface area (Å²) in [6.45, 7) is 5.94. The Kier molecular flexibility index (Phi) is 5.98. The van der Waals surface area contributed by atoms with E-state index < -0.39 is 17.2 Å². The second kappa shape index (κ2) is 8.45. The number of non-ortho nitro benzene ring substituents is 1. The minimum atomic E-state index is -0.861. The summed E-state index contributed by atoms with van der Waals surface area (Å²) < 4.78 is 10.9. The number of carbonyl (C=O) groups excluding carboxylic acids is 1. The minimum Gasteiger partial charge on any atom is -0.425 e.